The number of nitrogens with one attached hydrogen (secondary N) is 1. The fourth-order valence-corrected chi connectivity index (χ4v) is 2.34. The van der Waals surface area contributed by atoms with Crippen LogP contribution >= 0.6 is 27.5 Å². The molecule has 0 saturated carbocycles. The number of aromatic nitrogens is 1. The first-order valence-electron chi connectivity index (χ1n) is 5.67. The van der Waals surface area contributed by atoms with Gasteiger partial charge >= 0.3 is 0 Å². The van der Waals surface area contributed by atoms with E-state index in [1.165, 1.54) is 0 Å². The van der Waals surface area contributed by atoms with Crippen LogP contribution < -0.4 is 5.32 Å². The third kappa shape index (κ3) is 3.33. The molecule has 1 amide bonds. The van der Waals surface area contributed by atoms with E-state index in [9.17, 15) is 4.79 Å². The van der Waals surface area contributed by atoms with Crippen LogP contribution in [0.15, 0.2) is 34.9 Å². The van der Waals surface area contributed by atoms with E-state index in [4.69, 9.17) is 11.6 Å². The van der Waals surface area contributed by atoms with Gasteiger partial charge in [-0.15, -0.1) is 0 Å². The molecule has 2 rings (SSSR count). The Morgan fingerprint density at radius 3 is 2.74 bits per heavy atom. The molecule has 0 aliphatic rings. The lowest BCUT2D eigenvalue weighted by Gasteiger charge is -2.09. The molecule has 5 heteroatoms. The van der Waals surface area contributed by atoms with Crippen LogP contribution in [-0.2, 0) is 0 Å². The van der Waals surface area contributed by atoms with Gasteiger partial charge in [-0.2, -0.15) is 0 Å². The third-order valence-corrected chi connectivity index (χ3v) is 3.72. The molecule has 1 aromatic carbocycles. The Bertz CT molecular complexity index is 643. The summed E-state index contributed by atoms with van der Waals surface area (Å²) in [6.45, 7) is 3.75. The highest BCUT2D eigenvalue weighted by Gasteiger charge is 2.10. The summed E-state index contributed by atoms with van der Waals surface area (Å²) in [5.74, 6) is -0.189. The molecule has 0 spiro atoms. The number of pyridine rings is 1. The number of nitrogens with zero attached hydrogens (tertiary/aromatic N) is 1. The van der Waals surface area contributed by atoms with Crippen molar-refractivity contribution in [2.45, 2.75) is 13.8 Å². The summed E-state index contributed by atoms with van der Waals surface area (Å²) < 4.78 is 0.800. The number of halogens is 2. The predicted octanol–water partition coefficient (Wildman–Crippen LogP) is 4.37. The number of carbonyl (C=O) groups excluding carboxylic acids is 1. The van der Waals surface area contributed by atoms with Gasteiger partial charge in [0.05, 0.1) is 5.69 Å². The van der Waals surface area contributed by atoms with Gasteiger partial charge in [-0.3, -0.25) is 9.78 Å². The maximum absolute atomic E-state index is 12.1. The van der Waals surface area contributed by atoms with E-state index < -0.39 is 0 Å². The Balaban J connectivity index is 2.27. The van der Waals surface area contributed by atoms with Crippen molar-refractivity contribution in [3.8, 4) is 0 Å². The maximum Gasteiger partial charge on any atom is 0.255 e. The van der Waals surface area contributed by atoms with E-state index in [0.717, 1.165) is 15.7 Å². The predicted molar refractivity (Wildman–Crippen MR) is 80.8 cm³/mol. The van der Waals surface area contributed by atoms with Crippen molar-refractivity contribution in [2.75, 3.05) is 5.32 Å². The number of benzene rings is 1. The molecule has 0 saturated heterocycles. The van der Waals surface area contributed by atoms with Gasteiger partial charge in [0, 0.05) is 26.9 Å². The van der Waals surface area contributed by atoms with Gasteiger partial charge in [0.25, 0.3) is 5.91 Å². The summed E-state index contributed by atoms with van der Waals surface area (Å²) in [7, 11) is 0. The summed E-state index contributed by atoms with van der Waals surface area (Å²) in [4.78, 5) is 16.2. The standard InChI is InChI=1S/C14H12BrClN2O/c1-8-5-11(15)13(7-12(8)16)18-14(19)10-3-4-17-9(2)6-10/h3-7H,1-2H3,(H,18,19). The van der Waals surface area contributed by atoms with Gasteiger partial charge < -0.3 is 5.32 Å². The SMILES string of the molecule is Cc1cc(C(=O)Nc2cc(Cl)c(C)cc2Br)ccn1. The van der Waals surface area contributed by atoms with Crippen LogP contribution in [0.25, 0.3) is 0 Å². The van der Waals surface area contributed by atoms with Crippen LogP contribution in [0.3, 0.4) is 0 Å². The molecular weight excluding hydrogens is 328 g/mol. The number of carbonyl (C=O) groups is 1. The Morgan fingerprint density at radius 1 is 1.32 bits per heavy atom. The lowest BCUT2D eigenvalue weighted by atomic mass is 10.2. The molecule has 0 aliphatic carbocycles. The average molecular weight is 340 g/mol. The first kappa shape index (κ1) is 14.0. The number of anilines is 1. The molecule has 1 heterocycles. The highest BCUT2D eigenvalue weighted by atomic mass is 79.9. The smallest absolute Gasteiger partial charge is 0.255 e. The van der Waals surface area contributed by atoms with Gasteiger partial charge in [-0.25, -0.2) is 0 Å². The minimum Gasteiger partial charge on any atom is -0.321 e. The van der Waals surface area contributed by atoms with Crippen LogP contribution in [0.4, 0.5) is 5.69 Å². The molecule has 0 aliphatic heterocycles. The molecule has 3 nitrogen and oxygen atoms in total. The number of amides is 1. The molecular formula is C14H12BrClN2O. The van der Waals surface area contributed by atoms with Crippen molar-refractivity contribution in [1.29, 1.82) is 0 Å². The monoisotopic (exact) mass is 338 g/mol. The Morgan fingerprint density at radius 2 is 2.05 bits per heavy atom. The first-order valence-corrected chi connectivity index (χ1v) is 6.84. The molecule has 2 aromatic rings. The first-order chi connectivity index (χ1) is 8.97. The van der Waals surface area contributed by atoms with Gasteiger partial charge in [0.15, 0.2) is 0 Å². The van der Waals surface area contributed by atoms with Crippen molar-refractivity contribution in [3.63, 3.8) is 0 Å². The van der Waals surface area contributed by atoms with Crippen LogP contribution in [-0.4, -0.2) is 10.9 Å². The van der Waals surface area contributed by atoms with E-state index >= 15 is 0 Å². The Labute approximate surface area is 125 Å². The minimum atomic E-state index is -0.189. The summed E-state index contributed by atoms with van der Waals surface area (Å²) in [6.07, 6.45) is 1.61. The van der Waals surface area contributed by atoms with E-state index in [0.29, 0.717) is 16.3 Å². The van der Waals surface area contributed by atoms with Gasteiger partial charge in [-0.1, -0.05) is 11.6 Å². The maximum atomic E-state index is 12.1. The molecule has 1 N–H and O–H groups in total. The van der Waals surface area contributed by atoms with E-state index in [1.807, 2.05) is 19.9 Å². The average Bonchev–Trinajstić information content (AvgIpc) is 2.36. The zero-order chi connectivity index (χ0) is 14.0. The summed E-state index contributed by atoms with van der Waals surface area (Å²) in [6, 6.07) is 7.01. The molecule has 1 aromatic heterocycles. The molecule has 0 atom stereocenters. The van der Waals surface area contributed by atoms with Crippen molar-refractivity contribution in [3.05, 3.63) is 56.8 Å². The minimum absolute atomic E-state index is 0.189. The lowest BCUT2D eigenvalue weighted by molar-refractivity contribution is 0.102. The van der Waals surface area contributed by atoms with E-state index in [2.05, 4.69) is 26.2 Å². The highest BCUT2D eigenvalue weighted by molar-refractivity contribution is 9.10. The van der Waals surface area contributed by atoms with Gasteiger partial charge in [0.2, 0.25) is 0 Å². The quantitative estimate of drug-likeness (QED) is 0.883. The lowest BCUT2D eigenvalue weighted by Crippen LogP contribution is -2.12. The zero-order valence-corrected chi connectivity index (χ0v) is 12.8. The third-order valence-electron chi connectivity index (χ3n) is 2.66. The zero-order valence-electron chi connectivity index (χ0n) is 10.5. The number of aryl methyl sites for hydroxylation is 2. The van der Waals surface area contributed by atoms with Crippen LogP contribution in [0.5, 0.6) is 0 Å². The van der Waals surface area contributed by atoms with Crippen LogP contribution in [0.2, 0.25) is 5.02 Å². The molecule has 0 radical (unpaired) electrons. The highest BCUT2D eigenvalue weighted by Crippen LogP contribution is 2.29. The Kier molecular flexibility index (Phi) is 4.22. The molecule has 0 fully saturated rings. The number of rotatable bonds is 2. The van der Waals surface area contributed by atoms with Gasteiger partial charge in [-0.05, 0) is 59.6 Å². The van der Waals surface area contributed by atoms with Crippen LogP contribution in [0, 0.1) is 13.8 Å². The second kappa shape index (κ2) is 5.72. The number of hydrogen-bond donors (Lipinski definition) is 1. The van der Waals surface area contributed by atoms with Crippen molar-refractivity contribution in [2.24, 2.45) is 0 Å². The van der Waals surface area contributed by atoms with Crippen LogP contribution in [0.1, 0.15) is 21.6 Å². The Hall–Kier alpha value is -1.39. The molecule has 0 bridgehead atoms. The van der Waals surface area contributed by atoms with Crippen molar-refractivity contribution in [1.82, 2.24) is 4.98 Å². The van der Waals surface area contributed by atoms with Crippen molar-refractivity contribution >= 4 is 39.1 Å². The largest absolute Gasteiger partial charge is 0.321 e. The second-order valence-corrected chi connectivity index (χ2v) is 5.48. The molecule has 19 heavy (non-hydrogen) atoms. The summed E-state index contributed by atoms with van der Waals surface area (Å²) >= 11 is 9.47. The van der Waals surface area contributed by atoms with Crippen molar-refractivity contribution < 1.29 is 4.79 Å². The van der Waals surface area contributed by atoms with E-state index in [-0.39, 0.29) is 5.91 Å². The molecule has 98 valence electrons. The normalized spacial score (nSPS) is 10.3. The topological polar surface area (TPSA) is 42.0 Å². The van der Waals surface area contributed by atoms with Gasteiger partial charge in [0.1, 0.15) is 0 Å². The number of hydrogen-bond acceptors (Lipinski definition) is 2. The second-order valence-electron chi connectivity index (χ2n) is 4.22. The fourth-order valence-electron chi connectivity index (χ4n) is 1.62. The fraction of sp³-hybridized carbons (Fsp3) is 0.143. The summed E-state index contributed by atoms with van der Waals surface area (Å²) in [5, 5.41) is 3.44. The molecule has 0 unspecified atom stereocenters. The van der Waals surface area contributed by atoms with E-state index in [1.54, 1.807) is 24.4 Å². The summed E-state index contributed by atoms with van der Waals surface area (Å²) in [5.41, 5.74) is 2.96.